The van der Waals surface area contributed by atoms with Crippen LogP contribution in [0.3, 0.4) is 0 Å². The minimum absolute atomic E-state index is 0.0538. The molecule has 0 saturated carbocycles. The largest absolute Gasteiger partial charge is 0.376 e. The molecule has 1 heterocycles. The van der Waals surface area contributed by atoms with E-state index < -0.39 is 0 Å². The third-order valence-electron chi connectivity index (χ3n) is 4.16. The van der Waals surface area contributed by atoms with Crippen molar-refractivity contribution in [3.05, 3.63) is 70.8 Å². The summed E-state index contributed by atoms with van der Waals surface area (Å²) in [4.78, 5) is 14.9. The lowest BCUT2D eigenvalue weighted by Gasteiger charge is -2.25. The number of hydrogen-bond donors (Lipinski definition) is 1. The molecule has 0 fully saturated rings. The van der Waals surface area contributed by atoms with Crippen LogP contribution in [0.4, 0.5) is 0 Å². The highest BCUT2D eigenvalue weighted by Gasteiger charge is 2.22. The van der Waals surface area contributed by atoms with Gasteiger partial charge in [-0.15, -0.1) is 0 Å². The average molecular weight is 310 g/mol. The Bertz CT molecular complexity index is 670. The van der Waals surface area contributed by atoms with Crippen molar-refractivity contribution in [1.29, 1.82) is 0 Å². The van der Waals surface area contributed by atoms with Crippen molar-refractivity contribution in [3.63, 3.8) is 0 Å². The minimum atomic E-state index is 0.0538. The molecule has 0 unspecified atom stereocenters. The van der Waals surface area contributed by atoms with Crippen molar-refractivity contribution in [2.24, 2.45) is 5.73 Å². The molecule has 0 aromatic heterocycles. The number of amides is 1. The molecule has 4 heteroatoms. The summed E-state index contributed by atoms with van der Waals surface area (Å²) in [5.41, 5.74) is 9.87. The highest BCUT2D eigenvalue weighted by molar-refractivity contribution is 5.96. The zero-order valence-electron chi connectivity index (χ0n) is 13.2. The van der Waals surface area contributed by atoms with Gasteiger partial charge in [0.2, 0.25) is 0 Å². The summed E-state index contributed by atoms with van der Waals surface area (Å²) in [6.07, 6.45) is 0.791. The molecule has 2 aromatic rings. The summed E-state index contributed by atoms with van der Waals surface area (Å²) in [5, 5.41) is 0. The van der Waals surface area contributed by atoms with Gasteiger partial charge in [-0.3, -0.25) is 4.79 Å². The summed E-state index contributed by atoms with van der Waals surface area (Å²) < 4.78 is 5.49. The third kappa shape index (κ3) is 3.60. The van der Waals surface area contributed by atoms with Crippen LogP contribution in [0, 0.1) is 0 Å². The Balaban J connectivity index is 1.87. The Morgan fingerprint density at radius 2 is 1.96 bits per heavy atom. The van der Waals surface area contributed by atoms with Crippen LogP contribution in [0.5, 0.6) is 0 Å². The zero-order chi connectivity index (χ0) is 16.1. The van der Waals surface area contributed by atoms with Gasteiger partial charge in [0.1, 0.15) is 0 Å². The van der Waals surface area contributed by atoms with Gasteiger partial charge in [0.25, 0.3) is 5.91 Å². The van der Waals surface area contributed by atoms with Crippen molar-refractivity contribution < 1.29 is 9.53 Å². The molecule has 0 saturated heterocycles. The van der Waals surface area contributed by atoms with Gasteiger partial charge in [-0.05, 0) is 29.2 Å². The maximum Gasteiger partial charge on any atom is 0.254 e. The SMILES string of the molecule is NCCN(Cc1ccccc1)C(=O)c1cccc2c1CCOC2. The van der Waals surface area contributed by atoms with Crippen LogP contribution in [0.2, 0.25) is 0 Å². The van der Waals surface area contributed by atoms with Crippen LogP contribution in [0.1, 0.15) is 27.0 Å². The molecule has 0 atom stereocenters. The first-order valence-corrected chi connectivity index (χ1v) is 8.01. The maximum absolute atomic E-state index is 13.0. The van der Waals surface area contributed by atoms with E-state index in [4.69, 9.17) is 10.5 Å². The highest BCUT2D eigenvalue weighted by Crippen LogP contribution is 2.22. The molecule has 23 heavy (non-hydrogen) atoms. The predicted octanol–water partition coefficient (Wildman–Crippen LogP) is 2.36. The molecule has 120 valence electrons. The summed E-state index contributed by atoms with van der Waals surface area (Å²) in [6, 6.07) is 15.9. The zero-order valence-corrected chi connectivity index (χ0v) is 13.2. The van der Waals surface area contributed by atoms with Crippen LogP contribution in [0.15, 0.2) is 48.5 Å². The average Bonchev–Trinajstić information content (AvgIpc) is 2.61. The van der Waals surface area contributed by atoms with E-state index in [-0.39, 0.29) is 5.91 Å². The van der Waals surface area contributed by atoms with Crippen LogP contribution < -0.4 is 5.73 Å². The van der Waals surface area contributed by atoms with E-state index in [0.717, 1.165) is 28.7 Å². The fourth-order valence-electron chi connectivity index (χ4n) is 3.00. The molecule has 1 aliphatic heterocycles. The minimum Gasteiger partial charge on any atom is -0.376 e. The summed E-state index contributed by atoms with van der Waals surface area (Å²) >= 11 is 0. The normalized spacial score (nSPS) is 13.4. The fourth-order valence-corrected chi connectivity index (χ4v) is 3.00. The first kappa shape index (κ1) is 15.7. The molecular weight excluding hydrogens is 288 g/mol. The van der Waals surface area contributed by atoms with Crippen LogP contribution in [0.25, 0.3) is 0 Å². The highest BCUT2D eigenvalue weighted by atomic mass is 16.5. The second kappa shape index (κ2) is 7.40. The lowest BCUT2D eigenvalue weighted by atomic mass is 9.96. The van der Waals surface area contributed by atoms with Crippen LogP contribution in [-0.2, 0) is 24.3 Å². The lowest BCUT2D eigenvalue weighted by molar-refractivity contribution is 0.0741. The Morgan fingerprint density at radius 3 is 2.74 bits per heavy atom. The topological polar surface area (TPSA) is 55.6 Å². The van der Waals surface area contributed by atoms with Crippen molar-refractivity contribution in [1.82, 2.24) is 4.90 Å². The molecule has 0 spiro atoms. The molecule has 1 amide bonds. The van der Waals surface area contributed by atoms with Gasteiger partial charge in [-0.1, -0.05) is 42.5 Å². The smallest absolute Gasteiger partial charge is 0.254 e. The summed E-state index contributed by atoms with van der Waals surface area (Å²) in [6.45, 7) is 2.85. The van der Waals surface area contributed by atoms with Gasteiger partial charge in [0.15, 0.2) is 0 Å². The second-order valence-corrected chi connectivity index (χ2v) is 5.75. The second-order valence-electron chi connectivity index (χ2n) is 5.75. The number of nitrogens with two attached hydrogens (primary N) is 1. The Kier molecular flexibility index (Phi) is 5.05. The number of carbonyl (C=O) groups is 1. The van der Waals surface area contributed by atoms with Gasteiger partial charge >= 0.3 is 0 Å². The van der Waals surface area contributed by atoms with E-state index in [1.54, 1.807) is 0 Å². The number of carbonyl (C=O) groups excluding carboxylic acids is 1. The Hall–Kier alpha value is -2.17. The van der Waals surface area contributed by atoms with Crippen molar-refractivity contribution in [2.75, 3.05) is 19.7 Å². The molecule has 0 bridgehead atoms. The molecule has 4 nitrogen and oxygen atoms in total. The number of ether oxygens (including phenoxy) is 1. The number of fused-ring (bicyclic) bond motifs is 1. The Labute approximate surface area is 136 Å². The fraction of sp³-hybridized carbons (Fsp3) is 0.316. The van der Waals surface area contributed by atoms with E-state index in [1.165, 1.54) is 0 Å². The van der Waals surface area contributed by atoms with E-state index in [9.17, 15) is 4.79 Å². The standard InChI is InChI=1S/C19H22N2O2/c20-10-11-21(13-15-5-2-1-3-6-15)19(22)18-8-4-7-16-14-23-12-9-17(16)18/h1-8H,9-14,20H2. The van der Waals surface area contributed by atoms with Gasteiger partial charge in [-0.2, -0.15) is 0 Å². The quantitative estimate of drug-likeness (QED) is 0.922. The molecule has 1 aliphatic rings. The molecule has 3 rings (SSSR count). The van der Waals surface area contributed by atoms with Crippen molar-refractivity contribution in [2.45, 2.75) is 19.6 Å². The number of nitrogens with zero attached hydrogens (tertiary/aromatic N) is 1. The van der Waals surface area contributed by atoms with Crippen LogP contribution >= 0.6 is 0 Å². The van der Waals surface area contributed by atoms with Gasteiger partial charge in [-0.25, -0.2) is 0 Å². The molecule has 0 radical (unpaired) electrons. The molecule has 0 aliphatic carbocycles. The first-order chi connectivity index (χ1) is 11.3. The van der Waals surface area contributed by atoms with E-state index >= 15 is 0 Å². The van der Waals surface area contributed by atoms with Crippen LogP contribution in [-0.4, -0.2) is 30.5 Å². The Morgan fingerprint density at radius 1 is 1.13 bits per heavy atom. The predicted molar refractivity (Wildman–Crippen MR) is 90.0 cm³/mol. The number of rotatable bonds is 5. The third-order valence-corrected chi connectivity index (χ3v) is 4.16. The van der Waals surface area contributed by atoms with E-state index in [0.29, 0.717) is 32.8 Å². The van der Waals surface area contributed by atoms with Gasteiger partial charge < -0.3 is 15.4 Å². The van der Waals surface area contributed by atoms with Gasteiger partial charge in [0.05, 0.1) is 13.2 Å². The van der Waals surface area contributed by atoms with E-state index in [1.807, 2.05) is 53.4 Å². The maximum atomic E-state index is 13.0. The summed E-state index contributed by atoms with van der Waals surface area (Å²) in [7, 11) is 0. The van der Waals surface area contributed by atoms with Gasteiger partial charge in [0, 0.05) is 25.2 Å². The molecule has 2 aromatic carbocycles. The number of benzene rings is 2. The van der Waals surface area contributed by atoms with Crippen molar-refractivity contribution >= 4 is 5.91 Å². The summed E-state index contributed by atoms with van der Waals surface area (Å²) in [5.74, 6) is 0.0538. The molecule has 2 N–H and O–H groups in total. The van der Waals surface area contributed by atoms with Crippen molar-refractivity contribution in [3.8, 4) is 0 Å². The molecular formula is C19H22N2O2. The van der Waals surface area contributed by atoms with E-state index in [2.05, 4.69) is 0 Å². The first-order valence-electron chi connectivity index (χ1n) is 8.01. The lowest BCUT2D eigenvalue weighted by Crippen LogP contribution is -2.35. The number of hydrogen-bond acceptors (Lipinski definition) is 3. The monoisotopic (exact) mass is 310 g/mol.